The quantitative estimate of drug-likeness (QED) is 0.799. The number of rotatable bonds is 7. The smallest absolute Gasteiger partial charge is 0.158 e. The van der Waals surface area contributed by atoms with Gasteiger partial charge in [-0.25, -0.2) is 9.97 Å². The Bertz CT molecular complexity index is 442. The van der Waals surface area contributed by atoms with Crippen LogP contribution in [0.15, 0.2) is 6.07 Å². The number of hydrogen-bond acceptors (Lipinski definition) is 6. The summed E-state index contributed by atoms with van der Waals surface area (Å²) in [6, 6.07) is 2.13. The van der Waals surface area contributed by atoms with Gasteiger partial charge in [-0.15, -0.1) is 0 Å². The Morgan fingerprint density at radius 2 is 2.29 bits per heavy atom. The summed E-state index contributed by atoms with van der Waals surface area (Å²) < 4.78 is 5.16. The van der Waals surface area contributed by atoms with Crippen molar-refractivity contribution >= 4 is 11.6 Å². The molecule has 0 amide bonds. The van der Waals surface area contributed by atoms with Crippen LogP contribution in [0.5, 0.6) is 0 Å². The zero-order valence-corrected chi connectivity index (χ0v) is 13.0. The zero-order chi connectivity index (χ0) is 15.1. The fourth-order valence-electron chi connectivity index (χ4n) is 2.66. The van der Waals surface area contributed by atoms with Crippen molar-refractivity contribution in [3.63, 3.8) is 0 Å². The summed E-state index contributed by atoms with van der Waals surface area (Å²) in [6.45, 7) is 4.50. The van der Waals surface area contributed by atoms with Gasteiger partial charge >= 0.3 is 0 Å². The second-order valence-electron chi connectivity index (χ2n) is 5.41. The second kappa shape index (κ2) is 8.14. The molecule has 118 valence electrons. The number of anilines is 2. The summed E-state index contributed by atoms with van der Waals surface area (Å²) in [4.78, 5) is 11.3. The molecule has 0 aliphatic carbocycles. The normalized spacial score (nSPS) is 18.8. The molecule has 0 spiro atoms. The maximum atomic E-state index is 9.58. The number of aliphatic hydroxyl groups is 1. The third-order valence-corrected chi connectivity index (χ3v) is 3.72. The highest BCUT2D eigenvalue weighted by Gasteiger charge is 2.23. The van der Waals surface area contributed by atoms with Crippen LogP contribution >= 0.6 is 0 Å². The lowest BCUT2D eigenvalue weighted by Crippen LogP contribution is -2.42. The van der Waals surface area contributed by atoms with E-state index >= 15 is 0 Å². The van der Waals surface area contributed by atoms with Gasteiger partial charge in [0.25, 0.3) is 0 Å². The van der Waals surface area contributed by atoms with E-state index in [1.165, 1.54) is 6.42 Å². The Morgan fingerprint density at radius 1 is 1.43 bits per heavy atom. The number of methoxy groups -OCH3 is 1. The van der Waals surface area contributed by atoms with Crippen molar-refractivity contribution in [2.75, 3.05) is 37.0 Å². The molecule has 6 heteroatoms. The van der Waals surface area contributed by atoms with Crippen LogP contribution in [0.25, 0.3) is 0 Å². The fraction of sp³-hybridized carbons (Fsp3) is 0.733. The molecule has 1 fully saturated rings. The molecule has 6 nitrogen and oxygen atoms in total. The first-order valence-corrected chi connectivity index (χ1v) is 7.76. The van der Waals surface area contributed by atoms with Crippen molar-refractivity contribution in [2.24, 2.45) is 0 Å². The Balaban J connectivity index is 2.24. The molecule has 2 N–H and O–H groups in total. The summed E-state index contributed by atoms with van der Waals surface area (Å²) in [5.41, 5.74) is 0. The van der Waals surface area contributed by atoms with Gasteiger partial charge in [0.1, 0.15) is 18.2 Å². The van der Waals surface area contributed by atoms with E-state index in [1.807, 2.05) is 6.07 Å². The number of nitrogens with zero attached hydrogens (tertiary/aromatic N) is 3. The van der Waals surface area contributed by atoms with Crippen molar-refractivity contribution < 1.29 is 9.84 Å². The highest BCUT2D eigenvalue weighted by atomic mass is 16.5. The van der Waals surface area contributed by atoms with Crippen molar-refractivity contribution in [1.82, 2.24) is 9.97 Å². The van der Waals surface area contributed by atoms with Crippen LogP contribution in [0.2, 0.25) is 0 Å². The van der Waals surface area contributed by atoms with Gasteiger partial charge in [0.2, 0.25) is 0 Å². The zero-order valence-electron chi connectivity index (χ0n) is 13.0. The maximum Gasteiger partial charge on any atom is 0.158 e. The lowest BCUT2D eigenvalue weighted by molar-refractivity contribution is 0.177. The Labute approximate surface area is 126 Å². The molecule has 2 heterocycles. The highest BCUT2D eigenvalue weighted by molar-refractivity contribution is 5.50. The predicted molar refractivity (Wildman–Crippen MR) is 83.6 cm³/mol. The number of aromatic nitrogens is 2. The Morgan fingerprint density at radius 3 is 3.00 bits per heavy atom. The van der Waals surface area contributed by atoms with E-state index in [0.29, 0.717) is 12.4 Å². The minimum Gasteiger partial charge on any atom is -0.394 e. The van der Waals surface area contributed by atoms with Gasteiger partial charge < -0.3 is 20.1 Å². The van der Waals surface area contributed by atoms with Crippen molar-refractivity contribution in [3.8, 4) is 0 Å². The minimum absolute atomic E-state index is 0.156. The minimum atomic E-state index is 0.156. The highest BCUT2D eigenvalue weighted by Crippen LogP contribution is 2.25. The van der Waals surface area contributed by atoms with Crippen molar-refractivity contribution in [1.29, 1.82) is 0 Å². The van der Waals surface area contributed by atoms with E-state index in [2.05, 4.69) is 27.1 Å². The van der Waals surface area contributed by atoms with Gasteiger partial charge in [-0.05, 0) is 25.7 Å². The van der Waals surface area contributed by atoms with Crippen LogP contribution < -0.4 is 10.2 Å². The van der Waals surface area contributed by atoms with Gasteiger partial charge in [-0.3, -0.25) is 0 Å². The van der Waals surface area contributed by atoms with Crippen LogP contribution in [0.3, 0.4) is 0 Å². The fourth-order valence-corrected chi connectivity index (χ4v) is 2.66. The molecule has 0 radical (unpaired) electrons. The Kier molecular flexibility index (Phi) is 6.20. The average molecular weight is 294 g/mol. The predicted octanol–water partition coefficient (Wildman–Crippen LogP) is 1.80. The van der Waals surface area contributed by atoms with E-state index in [4.69, 9.17) is 4.74 Å². The van der Waals surface area contributed by atoms with Crippen LogP contribution in [0.1, 0.15) is 38.4 Å². The van der Waals surface area contributed by atoms with E-state index in [1.54, 1.807) is 7.11 Å². The molecule has 0 bridgehead atoms. The number of nitrogens with one attached hydrogen (secondary N) is 1. The Hall–Kier alpha value is -1.40. The first-order chi connectivity index (χ1) is 10.3. The number of piperidine rings is 1. The summed E-state index contributed by atoms with van der Waals surface area (Å²) in [5, 5.41) is 12.9. The standard InChI is InChI=1S/C15H26N4O2/c1-3-7-16-13-9-15(18-14(17-13)11-21-2)19-8-5-4-6-12(19)10-20/h9,12,20H,3-8,10-11H2,1-2H3,(H,16,17,18). The van der Waals surface area contributed by atoms with Crippen molar-refractivity contribution in [3.05, 3.63) is 11.9 Å². The lowest BCUT2D eigenvalue weighted by Gasteiger charge is -2.35. The van der Waals surface area contributed by atoms with Gasteiger partial charge in [-0.2, -0.15) is 0 Å². The van der Waals surface area contributed by atoms with Crippen LogP contribution in [-0.4, -0.2) is 47.9 Å². The van der Waals surface area contributed by atoms with Crippen molar-refractivity contribution in [2.45, 2.75) is 45.3 Å². The number of ether oxygens (including phenoxy) is 1. The van der Waals surface area contributed by atoms with Gasteiger partial charge in [0.15, 0.2) is 5.82 Å². The summed E-state index contributed by atoms with van der Waals surface area (Å²) in [7, 11) is 1.65. The molecule has 1 aromatic rings. The molecule has 1 aliphatic rings. The largest absolute Gasteiger partial charge is 0.394 e. The molecule has 0 aromatic carbocycles. The summed E-state index contributed by atoms with van der Waals surface area (Å²) in [6.07, 6.45) is 4.36. The van der Waals surface area contributed by atoms with Gasteiger partial charge in [0, 0.05) is 26.3 Å². The van der Waals surface area contributed by atoms with Crippen LogP contribution in [0.4, 0.5) is 11.6 Å². The third-order valence-electron chi connectivity index (χ3n) is 3.72. The van der Waals surface area contributed by atoms with E-state index in [-0.39, 0.29) is 12.6 Å². The van der Waals surface area contributed by atoms with E-state index < -0.39 is 0 Å². The first-order valence-electron chi connectivity index (χ1n) is 7.76. The molecule has 1 aromatic heterocycles. The molecule has 1 aliphatic heterocycles. The molecular weight excluding hydrogens is 268 g/mol. The summed E-state index contributed by atoms with van der Waals surface area (Å²) >= 11 is 0. The number of aliphatic hydroxyl groups excluding tert-OH is 1. The second-order valence-corrected chi connectivity index (χ2v) is 5.41. The van der Waals surface area contributed by atoms with E-state index in [0.717, 1.165) is 44.0 Å². The first kappa shape index (κ1) is 16.0. The summed E-state index contributed by atoms with van der Waals surface area (Å²) in [5.74, 6) is 2.39. The molecule has 21 heavy (non-hydrogen) atoms. The monoisotopic (exact) mass is 294 g/mol. The van der Waals surface area contributed by atoms with Crippen LogP contribution in [0, 0.1) is 0 Å². The molecule has 1 atom stereocenters. The molecule has 1 unspecified atom stereocenters. The van der Waals surface area contributed by atoms with Gasteiger partial charge in [-0.1, -0.05) is 6.92 Å². The van der Waals surface area contributed by atoms with Gasteiger partial charge in [0.05, 0.1) is 12.6 Å². The average Bonchev–Trinajstić information content (AvgIpc) is 2.53. The van der Waals surface area contributed by atoms with Crippen LogP contribution in [-0.2, 0) is 11.3 Å². The number of hydrogen-bond donors (Lipinski definition) is 2. The SMILES string of the molecule is CCCNc1cc(N2CCCCC2CO)nc(COC)n1. The third kappa shape index (κ3) is 4.28. The maximum absolute atomic E-state index is 9.58. The topological polar surface area (TPSA) is 70.5 Å². The molecule has 0 saturated carbocycles. The molecule has 2 rings (SSSR count). The molecular formula is C15H26N4O2. The lowest BCUT2D eigenvalue weighted by atomic mass is 10.0. The molecule has 1 saturated heterocycles. The van der Waals surface area contributed by atoms with E-state index in [9.17, 15) is 5.11 Å².